The van der Waals surface area contributed by atoms with Crippen molar-refractivity contribution >= 4 is 17.6 Å². The number of carbonyl (C=O) groups excluding carboxylic acids is 2. The minimum atomic E-state index is -0.501. The molecule has 1 aliphatic rings. The highest BCUT2D eigenvalue weighted by molar-refractivity contribution is 5.88. The molecule has 1 aliphatic heterocycles. The Morgan fingerprint density at radius 3 is 2.84 bits per heavy atom. The molecule has 0 fully saturated rings. The van der Waals surface area contributed by atoms with Gasteiger partial charge in [0.05, 0.1) is 11.9 Å². The molecule has 0 unspecified atom stereocenters. The third-order valence-corrected chi connectivity index (χ3v) is 3.51. The number of rotatable bonds is 6. The van der Waals surface area contributed by atoms with Gasteiger partial charge in [-0.05, 0) is 24.1 Å². The lowest BCUT2D eigenvalue weighted by Gasteiger charge is -2.18. The number of nitrogens with one attached hydrogen (secondary N) is 2. The highest BCUT2D eigenvalue weighted by Crippen LogP contribution is 2.30. The lowest BCUT2D eigenvalue weighted by atomic mass is 10.1. The molecule has 132 valence electrons. The van der Waals surface area contributed by atoms with Gasteiger partial charge in [-0.1, -0.05) is 6.07 Å². The monoisotopic (exact) mass is 345 g/mol. The van der Waals surface area contributed by atoms with Crippen LogP contribution in [0.4, 0.5) is 10.5 Å². The van der Waals surface area contributed by atoms with E-state index < -0.39 is 5.91 Å². The quantitative estimate of drug-likeness (QED) is 0.704. The number of aromatic nitrogens is 2. The molecule has 3 amide bonds. The summed E-state index contributed by atoms with van der Waals surface area (Å²) in [6.07, 6.45) is 3.64. The van der Waals surface area contributed by atoms with Gasteiger partial charge in [-0.15, -0.1) is 0 Å². The van der Waals surface area contributed by atoms with Crippen LogP contribution in [0.25, 0.3) is 0 Å². The largest absolute Gasteiger partial charge is 0.486 e. The Bertz CT molecular complexity index is 774. The number of hydrogen-bond acceptors (Lipinski definition) is 5. The molecule has 2 aromatic rings. The first-order valence-corrected chi connectivity index (χ1v) is 7.84. The van der Waals surface area contributed by atoms with Crippen molar-refractivity contribution < 1.29 is 19.1 Å². The number of urea groups is 1. The van der Waals surface area contributed by atoms with Gasteiger partial charge in [0, 0.05) is 12.7 Å². The molecule has 1 aromatic heterocycles. The summed E-state index contributed by atoms with van der Waals surface area (Å²) in [6, 6.07) is 5.39. The summed E-state index contributed by atoms with van der Waals surface area (Å²) in [5.41, 5.74) is 6.61. The van der Waals surface area contributed by atoms with E-state index >= 15 is 0 Å². The van der Waals surface area contributed by atoms with E-state index in [1.165, 1.54) is 17.1 Å². The van der Waals surface area contributed by atoms with Gasteiger partial charge in [0.2, 0.25) is 5.91 Å². The van der Waals surface area contributed by atoms with Crippen LogP contribution in [0.15, 0.2) is 30.6 Å². The van der Waals surface area contributed by atoms with Crippen LogP contribution in [-0.4, -0.2) is 41.5 Å². The van der Waals surface area contributed by atoms with Crippen LogP contribution in [0, 0.1) is 0 Å². The van der Waals surface area contributed by atoms with E-state index in [4.69, 9.17) is 15.2 Å². The smallest absolute Gasteiger partial charge is 0.319 e. The molecule has 0 spiro atoms. The summed E-state index contributed by atoms with van der Waals surface area (Å²) in [6.45, 7) is 1.53. The van der Waals surface area contributed by atoms with Crippen molar-refractivity contribution in [2.24, 2.45) is 5.73 Å². The van der Waals surface area contributed by atoms with Crippen LogP contribution in [0.3, 0.4) is 0 Å². The van der Waals surface area contributed by atoms with Crippen LogP contribution >= 0.6 is 0 Å². The maximum absolute atomic E-state index is 11.9. The van der Waals surface area contributed by atoms with Crippen molar-refractivity contribution in [2.75, 3.05) is 25.1 Å². The van der Waals surface area contributed by atoms with Crippen LogP contribution < -0.4 is 25.8 Å². The fourth-order valence-electron chi connectivity index (χ4n) is 2.41. The van der Waals surface area contributed by atoms with Crippen LogP contribution in [0.5, 0.6) is 11.5 Å². The minimum Gasteiger partial charge on any atom is -0.486 e. The van der Waals surface area contributed by atoms with Gasteiger partial charge in [0.1, 0.15) is 19.8 Å². The number of hydrogen-bond donors (Lipinski definition) is 3. The second-order valence-corrected chi connectivity index (χ2v) is 5.50. The van der Waals surface area contributed by atoms with Crippen LogP contribution in [-0.2, 0) is 17.8 Å². The fraction of sp³-hybridized carbons (Fsp3) is 0.312. The number of carbonyl (C=O) groups is 2. The molecule has 2 heterocycles. The molecule has 4 N–H and O–H groups in total. The zero-order chi connectivity index (χ0) is 17.6. The number of benzene rings is 1. The lowest BCUT2D eigenvalue weighted by Crippen LogP contribution is -2.30. The maximum Gasteiger partial charge on any atom is 0.319 e. The number of nitrogens with zero attached hydrogens (tertiary/aromatic N) is 2. The first-order valence-electron chi connectivity index (χ1n) is 7.84. The van der Waals surface area contributed by atoms with Gasteiger partial charge in [-0.25, -0.2) is 4.79 Å². The summed E-state index contributed by atoms with van der Waals surface area (Å²) in [7, 11) is 0. The van der Waals surface area contributed by atoms with Crippen molar-refractivity contribution in [3.63, 3.8) is 0 Å². The number of primary amides is 1. The Kier molecular flexibility index (Phi) is 5.03. The molecule has 9 heteroatoms. The van der Waals surface area contributed by atoms with Crippen molar-refractivity contribution in [1.29, 1.82) is 0 Å². The highest BCUT2D eigenvalue weighted by Gasteiger charge is 2.11. The van der Waals surface area contributed by atoms with Crippen molar-refractivity contribution in [2.45, 2.75) is 13.0 Å². The summed E-state index contributed by atoms with van der Waals surface area (Å²) in [4.78, 5) is 22.7. The molecule has 0 aliphatic carbocycles. The molecule has 0 saturated heterocycles. The lowest BCUT2D eigenvalue weighted by molar-refractivity contribution is -0.118. The van der Waals surface area contributed by atoms with Crippen molar-refractivity contribution in [1.82, 2.24) is 15.1 Å². The molecule has 0 saturated carbocycles. The number of fused-ring (bicyclic) bond motifs is 1. The predicted molar refractivity (Wildman–Crippen MR) is 89.6 cm³/mol. The fourth-order valence-corrected chi connectivity index (χ4v) is 2.41. The van der Waals surface area contributed by atoms with Gasteiger partial charge in [0.15, 0.2) is 11.5 Å². The molecule has 1 aromatic carbocycles. The maximum atomic E-state index is 11.9. The Hall–Kier alpha value is -3.23. The molecule has 3 rings (SSSR count). The normalized spacial score (nSPS) is 12.5. The van der Waals surface area contributed by atoms with Gasteiger partial charge < -0.3 is 25.8 Å². The van der Waals surface area contributed by atoms with Gasteiger partial charge >= 0.3 is 6.03 Å². The number of nitrogens with two attached hydrogens (primary N) is 1. The van der Waals surface area contributed by atoms with E-state index in [2.05, 4.69) is 15.7 Å². The SMILES string of the molecule is NC(=O)Cn1cc(NC(=O)NCCc2ccc3c(c2)OCCO3)cn1. The second-order valence-electron chi connectivity index (χ2n) is 5.50. The standard InChI is InChI=1S/C16H19N5O4/c17-15(22)10-21-9-12(8-19-21)20-16(23)18-4-3-11-1-2-13-14(7-11)25-6-5-24-13/h1-2,7-9H,3-6,10H2,(H2,17,22)(H2,18,20,23). The molecule has 0 bridgehead atoms. The Labute approximate surface area is 144 Å². The van der Waals surface area contributed by atoms with Crippen molar-refractivity contribution in [3.05, 3.63) is 36.2 Å². The van der Waals surface area contributed by atoms with E-state index in [1.807, 2.05) is 18.2 Å². The first-order chi connectivity index (χ1) is 12.1. The summed E-state index contributed by atoms with van der Waals surface area (Å²) in [5.74, 6) is 0.974. The van der Waals surface area contributed by atoms with E-state index in [9.17, 15) is 9.59 Å². The third kappa shape index (κ3) is 4.63. The van der Waals surface area contributed by atoms with E-state index in [0.717, 1.165) is 17.1 Å². The third-order valence-electron chi connectivity index (χ3n) is 3.51. The van der Waals surface area contributed by atoms with E-state index in [0.29, 0.717) is 31.9 Å². The topological polar surface area (TPSA) is 121 Å². The van der Waals surface area contributed by atoms with Gasteiger partial charge in [-0.3, -0.25) is 9.48 Å². The number of ether oxygens (including phenoxy) is 2. The van der Waals surface area contributed by atoms with E-state index in [-0.39, 0.29) is 12.6 Å². The Morgan fingerprint density at radius 1 is 1.24 bits per heavy atom. The second kappa shape index (κ2) is 7.56. The molecule has 0 radical (unpaired) electrons. The zero-order valence-corrected chi connectivity index (χ0v) is 13.5. The zero-order valence-electron chi connectivity index (χ0n) is 13.5. The average Bonchev–Trinajstić information content (AvgIpc) is 3.00. The van der Waals surface area contributed by atoms with E-state index in [1.54, 1.807) is 0 Å². The van der Waals surface area contributed by atoms with Crippen LogP contribution in [0.2, 0.25) is 0 Å². The molecule has 9 nitrogen and oxygen atoms in total. The molecular weight excluding hydrogens is 326 g/mol. The number of amides is 3. The minimum absolute atomic E-state index is 0.0343. The average molecular weight is 345 g/mol. The van der Waals surface area contributed by atoms with Crippen LogP contribution in [0.1, 0.15) is 5.56 Å². The molecule has 25 heavy (non-hydrogen) atoms. The first kappa shape index (κ1) is 16.6. The van der Waals surface area contributed by atoms with Crippen molar-refractivity contribution in [3.8, 4) is 11.5 Å². The van der Waals surface area contributed by atoms with Gasteiger partial charge in [0.25, 0.3) is 0 Å². The molecular formula is C16H19N5O4. The Morgan fingerprint density at radius 2 is 2.04 bits per heavy atom. The summed E-state index contributed by atoms with van der Waals surface area (Å²) >= 11 is 0. The predicted octanol–water partition coefficient (Wildman–Crippen LogP) is 0.504. The van der Waals surface area contributed by atoms with Gasteiger partial charge in [-0.2, -0.15) is 5.10 Å². The summed E-state index contributed by atoms with van der Waals surface area (Å²) < 4.78 is 12.4. The Balaban J connectivity index is 1.45. The molecule has 0 atom stereocenters. The number of anilines is 1. The highest BCUT2D eigenvalue weighted by atomic mass is 16.6. The summed E-state index contributed by atoms with van der Waals surface area (Å²) in [5, 5.41) is 9.33.